The molecule has 2 aromatic rings. The summed E-state index contributed by atoms with van der Waals surface area (Å²) in [6.07, 6.45) is 0.901. The lowest BCUT2D eigenvalue weighted by atomic mass is 9.79. The molecule has 0 saturated carbocycles. The van der Waals surface area contributed by atoms with Crippen LogP contribution in [0.3, 0.4) is 0 Å². The molecule has 18 nitrogen and oxygen atoms in total. The Morgan fingerprint density at radius 1 is 0.743 bits per heavy atom. The van der Waals surface area contributed by atoms with Crippen LogP contribution >= 0.6 is 0 Å². The van der Waals surface area contributed by atoms with Crippen LogP contribution in [0.15, 0.2) is 60.7 Å². The molecular formula is C52H79N8O10-. The highest BCUT2D eigenvalue weighted by Gasteiger charge is 2.43. The summed E-state index contributed by atoms with van der Waals surface area (Å²) in [5.41, 5.74) is -0.764. The molecule has 4 rings (SSSR count). The van der Waals surface area contributed by atoms with Crippen molar-refractivity contribution in [1.29, 1.82) is 0 Å². The highest BCUT2D eigenvalue weighted by molar-refractivity contribution is 5.96. The number of hydroxylamine groups is 2. The van der Waals surface area contributed by atoms with Crippen molar-refractivity contribution in [1.82, 2.24) is 41.9 Å². The number of hydrogen-bond donors (Lipinski definition) is 6. The molecule has 388 valence electrons. The maximum absolute atomic E-state index is 14.6. The monoisotopic (exact) mass is 976 g/mol. The van der Waals surface area contributed by atoms with Crippen LogP contribution in [0.25, 0.3) is 0 Å². The van der Waals surface area contributed by atoms with Gasteiger partial charge in [0.1, 0.15) is 42.4 Å². The molecule has 5 atom stereocenters. The smallest absolute Gasteiger partial charge is 0.408 e. The van der Waals surface area contributed by atoms with Gasteiger partial charge in [0.15, 0.2) is 0 Å². The molecule has 2 heterocycles. The van der Waals surface area contributed by atoms with E-state index in [0.29, 0.717) is 25.7 Å². The van der Waals surface area contributed by atoms with Gasteiger partial charge in [-0.25, -0.2) is 9.59 Å². The predicted octanol–water partition coefficient (Wildman–Crippen LogP) is 5.61. The van der Waals surface area contributed by atoms with E-state index in [2.05, 4.69) is 31.9 Å². The number of benzene rings is 2. The molecule has 2 fully saturated rings. The molecule has 0 aliphatic carbocycles. The Balaban J connectivity index is 1.50. The van der Waals surface area contributed by atoms with Gasteiger partial charge >= 0.3 is 12.2 Å². The molecule has 2 saturated heterocycles. The van der Waals surface area contributed by atoms with Gasteiger partial charge in [0.25, 0.3) is 0 Å². The van der Waals surface area contributed by atoms with Crippen molar-refractivity contribution in [3.05, 3.63) is 77.0 Å². The van der Waals surface area contributed by atoms with Gasteiger partial charge in [-0.05, 0) is 116 Å². The van der Waals surface area contributed by atoms with Crippen LogP contribution in [-0.2, 0) is 46.5 Å². The molecule has 2 aliphatic heterocycles. The molecule has 70 heavy (non-hydrogen) atoms. The number of nitrogens with one attached hydrogen (secondary N) is 6. The number of carbonyl (C=O) groups is 7. The van der Waals surface area contributed by atoms with Crippen LogP contribution in [0, 0.1) is 17.0 Å². The maximum Gasteiger partial charge on any atom is 0.408 e. The van der Waals surface area contributed by atoms with E-state index in [1.807, 2.05) is 102 Å². The van der Waals surface area contributed by atoms with Crippen molar-refractivity contribution in [2.24, 2.45) is 11.8 Å². The molecule has 0 aromatic heterocycles. The van der Waals surface area contributed by atoms with E-state index in [9.17, 15) is 38.8 Å². The average Bonchev–Trinajstić information content (AvgIpc) is 3.77. The van der Waals surface area contributed by atoms with Gasteiger partial charge < -0.3 is 56.5 Å². The van der Waals surface area contributed by atoms with Gasteiger partial charge in [0.2, 0.25) is 29.5 Å². The van der Waals surface area contributed by atoms with Crippen LogP contribution < -0.4 is 31.9 Å². The Bertz CT molecular complexity index is 2060. The second kappa shape index (κ2) is 25.4. The quantitative estimate of drug-likeness (QED) is 0.0841. The lowest BCUT2D eigenvalue weighted by molar-refractivity contribution is -0.142. The molecule has 7 amide bonds. The SMILES string of the molecule is CC(C)C[C@H](NC(=O)OC(C)(C)C)C(=O)N[C@H](Cc1ccccc1)C(=O)N1CCC[C@H]1C(=O)N[C@H](C(=O)N[C@@H](CCCNC(=O)OCc1ccccc1)C(=O)NC1CC(C)(C)N([O-])C(C)(C)C1)C(C)C. The zero-order valence-electron chi connectivity index (χ0n) is 43.1. The Morgan fingerprint density at radius 2 is 1.33 bits per heavy atom. The van der Waals surface area contributed by atoms with Crippen molar-refractivity contribution in [2.45, 2.75) is 187 Å². The highest BCUT2D eigenvalue weighted by atomic mass is 16.6. The fraction of sp³-hybridized carbons (Fsp3) is 0.635. The first-order valence-electron chi connectivity index (χ1n) is 24.7. The Morgan fingerprint density at radius 3 is 1.90 bits per heavy atom. The lowest BCUT2D eigenvalue weighted by Crippen LogP contribution is -2.63. The zero-order chi connectivity index (χ0) is 52.0. The number of nitrogens with zero attached hydrogens (tertiary/aromatic N) is 2. The third kappa shape index (κ3) is 17.6. The van der Waals surface area contributed by atoms with E-state index >= 15 is 0 Å². The molecule has 18 heteroatoms. The first kappa shape index (κ1) is 56.8. The second-order valence-electron chi connectivity index (χ2n) is 21.7. The van der Waals surface area contributed by atoms with Crippen LogP contribution in [0.5, 0.6) is 0 Å². The third-order valence-corrected chi connectivity index (χ3v) is 12.4. The number of rotatable bonds is 21. The van der Waals surface area contributed by atoms with Gasteiger partial charge in [-0.1, -0.05) is 88.4 Å². The van der Waals surface area contributed by atoms with E-state index in [1.165, 1.54) is 4.90 Å². The largest absolute Gasteiger partial charge is 0.784 e. The fourth-order valence-corrected chi connectivity index (χ4v) is 9.23. The first-order valence-corrected chi connectivity index (χ1v) is 24.7. The minimum atomic E-state index is -1.12. The summed E-state index contributed by atoms with van der Waals surface area (Å²) in [7, 11) is 0. The van der Waals surface area contributed by atoms with Crippen LogP contribution in [0.1, 0.15) is 132 Å². The van der Waals surface area contributed by atoms with Crippen molar-refractivity contribution in [3.8, 4) is 0 Å². The Hall–Kier alpha value is -5.75. The predicted molar refractivity (Wildman–Crippen MR) is 267 cm³/mol. The summed E-state index contributed by atoms with van der Waals surface area (Å²) >= 11 is 0. The molecule has 0 spiro atoms. The molecule has 2 aliphatic rings. The number of alkyl carbamates (subject to hydrolysis) is 2. The van der Waals surface area contributed by atoms with Crippen molar-refractivity contribution in [2.75, 3.05) is 13.1 Å². The van der Waals surface area contributed by atoms with E-state index in [1.54, 1.807) is 34.6 Å². The number of ether oxygens (including phenoxy) is 2. The van der Waals surface area contributed by atoms with Gasteiger partial charge in [0, 0.05) is 36.6 Å². The summed E-state index contributed by atoms with van der Waals surface area (Å²) in [5.74, 6) is -3.19. The highest BCUT2D eigenvalue weighted by Crippen LogP contribution is 2.37. The van der Waals surface area contributed by atoms with E-state index in [4.69, 9.17) is 9.47 Å². The number of hydrogen-bond acceptors (Lipinski definition) is 11. The van der Waals surface area contributed by atoms with Gasteiger partial charge in [0.05, 0.1) is 0 Å². The minimum Gasteiger partial charge on any atom is -0.784 e. The van der Waals surface area contributed by atoms with Crippen molar-refractivity contribution in [3.63, 3.8) is 0 Å². The van der Waals surface area contributed by atoms with Crippen molar-refractivity contribution < 1.29 is 43.0 Å². The van der Waals surface area contributed by atoms with Gasteiger partial charge in [-0.2, -0.15) is 0 Å². The fourth-order valence-electron chi connectivity index (χ4n) is 9.23. The lowest BCUT2D eigenvalue weighted by Gasteiger charge is -2.60. The maximum atomic E-state index is 14.6. The summed E-state index contributed by atoms with van der Waals surface area (Å²) in [6.45, 7) is 20.2. The Labute approximate surface area is 414 Å². The zero-order valence-corrected chi connectivity index (χ0v) is 43.1. The first-order chi connectivity index (χ1) is 32.8. The van der Waals surface area contributed by atoms with E-state index < -0.39 is 94.5 Å². The van der Waals surface area contributed by atoms with Crippen LogP contribution in [0.2, 0.25) is 0 Å². The minimum absolute atomic E-state index is 0.00244. The Kier molecular flexibility index (Phi) is 20.6. The molecule has 0 unspecified atom stereocenters. The number of likely N-dealkylation sites (tertiary alicyclic amines) is 1. The van der Waals surface area contributed by atoms with Crippen LogP contribution in [0.4, 0.5) is 9.59 Å². The molecular weight excluding hydrogens is 897 g/mol. The summed E-state index contributed by atoms with van der Waals surface area (Å²) in [4.78, 5) is 98.1. The van der Waals surface area contributed by atoms with Crippen molar-refractivity contribution >= 4 is 41.7 Å². The van der Waals surface area contributed by atoms with Gasteiger partial charge in [-0.3, -0.25) is 24.0 Å². The molecule has 0 bridgehead atoms. The normalized spacial score (nSPS) is 18.7. The number of carbonyl (C=O) groups excluding carboxylic acids is 7. The second-order valence-corrected chi connectivity index (χ2v) is 21.7. The molecule has 0 radical (unpaired) electrons. The standard InChI is InChI=1S/C52H79N8O10/c1-33(2)28-39(57-49(67)70-50(5,6)7)44(62)56-40(29-35-20-14-12-15-21-35)47(65)59-27-19-25-41(59)45(63)58-42(34(3)4)46(64)55-38(24-18-26-53-48(66)69-32-36-22-16-13-17-23-36)43(61)54-37-30-51(8,9)60(68)52(10,11)31-37/h12-17,20-23,33-34,37-42H,18-19,24-32H2,1-11H3,(H,53,66)(H,54,61)(H,55,64)(H,56,62)(H,57,67)(H,58,63)/q-1/t38-,39-,40+,41-,42-/m0/s1. The molecule has 2 aromatic carbocycles. The van der Waals surface area contributed by atoms with E-state index in [0.717, 1.165) is 16.2 Å². The third-order valence-electron chi connectivity index (χ3n) is 12.4. The topological polar surface area (TPSA) is 240 Å². The summed E-state index contributed by atoms with van der Waals surface area (Å²) < 4.78 is 10.8. The molecule has 6 N–H and O–H groups in total. The van der Waals surface area contributed by atoms with Gasteiger partial charge in [-0.15, -0.1) is 0 Å². The average molecular weight is 976 g/mol. The van der Waals surface area contributed by atoms with E-state index in [-0.39, 0.29) is 57.3 Å². The summed E-state index contributed by atoms with van der Waals surface area (Å²) in [6, 6.07) is 12.7. The van der Waals surface area contributed by atoms with Crippen LogP contribution in [-0.4, -0.2) is 118 Å². The summed E-state index contributed by atoms with van der Waals surface area (Å²) in [5, 5.41) is 31.2. The number of amides is 7. The number of piperidine rings is 1.